The summed E-state index contributed by atoms with van der Waals surface area (Å²) in [6.07, 6.45) is 0. The molecule has 0 spiro atoms. The van der Waals surface area contributed by atoms with Crippen LogP contribution in [0, 0.1) is 13.8 Å². The van der Waals surface area contributed by atoms with Crippen molar-refractivity contribution >= 4 is 17.8 Å². The summed E-state index contributed by atoms with van der Waals surface area (Å²) in [5.74, 6) is -1.31. The van der Waals surface area contributed by atoms with E-state index in [0.29, 0.717) is 22.5 Å². The molecule has 0 unspecified atom stereocenters. The lowest BCUT2D eigenvalue weighted by Crippen LogP contribution is -2.40. The Balaban J connectivity index is 2.59. The van der Waals surface area contributed by atoms with Crippen molar-refractivity contribution in [3.8, 4) is 0 Å². The highest BCUT2D eigenvalue weighted by Gasteiger charge is 2.31. The van der Waals surface area contributed by atoms with Gasteiger partial charge >= 0.3 is 5.97 Å². The lowest BCUT2D eigenvalue weighted by atomic mass is 10.1. The fourth-order valence-corrected chi connectivity index (χ4v) is 2.26. The van der Waals surface area contributed by atoms with Crippen LogP contribution in [0.15, 0.2) is 0 Å². The van der Waals surface area contributed by atoms with Gasteiger partial charge < -0.3 is 9.30 Å². The van der Waals surface area contributed by atoms with Gasteiger partial charge in [-0.2, -0.15) is 0 Å². The largest absolute Gasteiger partial charge is 0.462 e. The van der Waals surface area contributed by atoms with Crippen molar-refractivity contribution < 1.29 is 19.1 Å². The van der Waals surface area contributed by atoms with Gasteiger partial charge in [0.05, 0.1) is 12.2 Å². The first-order chi connectivity index (χ1) is 8.47. The number of nitrogens with one attached hydrogen (secondary N) is 1. The van der Waals surface area contributed by atoms with Crippen LogP contribution in [0.25, 0.3) is 0 Å². The maximum atomic E-state index is 11.8. The third-order valence-electron chi connectivity index (χ3n) is 3.02. The number of aromatic nitrogens is 1. The van der Waals surface area contributed by atoms with Gasteiger partial charge in [0, 0.05) is 5.69 Å². The molecule has 0 atom stereocenters. The molecule has 0 aromatic carbocycles. The Hall–Kier alpha value is -2.11. The van der Waals surface area contributed by atoms with Crippen LogP contribution in [0.1, 0.15) is 39.0 Å². The number of carbonyl (C=O) groups excluding carboxylic acids is 3. The van der Waals surface area contributed by atoms with E-state index in [2.05, 4.69) is 5.32 Å². The summed E-state index contributed by atoms with van der Waals surface area (Å²) in [7, 11) is 0. The molecule has 2 rings (SSSR count). The molecule has 1 N–H and O–H groups in total. The number of hydrogen-bond donors (Lipinski definition) is 1. The van der Waals surface area contributed by atoms with E-state index >= 15 is 0 Å². The first-order valence-corrected chi connectivity index (χ1v) is 5.68. The predicted molar refractivity (Wildman–Crippen MR) is 62.3 cm³/mol. The Labute approximate surface area is 104 Å². The summed E-state index contributed by atoms with van der Waals surface area (Å²) in [4.78, 5) is 34.9. The zero-order valence-electron chi connectivity index (χ0n) is 10.5. The van der Waals surface area contributed by atoms with Crippen LogP contribution in [0.2, 0.25) is 0 Å². The second-order valence-corrected chi connectivity index (χ2v) is 4.12. The van der Waals surface area contributed by atoms with Crippen LogP contribution >= 0.6 is 0 Å². The van der Waals surface area contributed by atoms with Crippen molar-refractivity contribution in [3.05, 3.63) is 22.5 Å². The first kappa shape index (κ1) is 12.3. The number of carbonyl (C=O) groups is 3. The van der Waals surface area contributed by atoms with E-state index in [0.717, 1.165) is 0 Å². The Kier molecular flexibility index (Phi) is 2.94. The third-order valence-corrected chi connectivity index (χ3v) is 3.02. The van der Waals surface area contributed by atoms with E-state index in [1.54, 1.807) is 25.3 Å². The summed E-state index contributed by atoms with van der Waals surface area (Å²) in [5, 5.41) is 2.24. The Morgan fingerprint density at radius 2 is 2.06 bits per heavy atom. The van der Waals surface area contributed by atoms with Crippen LogP contribution < -0.4 is 5.32 Å². The summed E-state index contributed by atoms with van der Waals surface area (Å²) >= 11 is 0. The lowest BCUT2D eigenvalue weighted by molar-refractivity contribution is -0.121. The quantitative estimate of drug-likeness (QED) is 0.614. The second-order valence-electron chi connectivity index (χ2n) is 4.12. The molecule has 0 saturated carbocycles. The smallest absolute Gasteiger partial charge is 0.340 e. The maximum absolute atomic E-state index is 11.8. The van der Waals surface area contributed by atoms with Crippen molar-refractivity contribution in [2.45, 2.75) is 27.3 Å². The average molecular weight is 250 g/mol. The van der Waals surface area contributed by atoms with Crippen LogP contribution in [0.4, 0.5) is 0 Å². The molecule has 6 nitrogen and oxygen atoms in total. The van der Waals surface area contributed by atoms with E-state index in [-0.39, 0.29) is 19.1 Å². The molecule has 2 amide bonds. The predicted octanol–water partition coefficient (Wildman–Crippen LogP) is 0.552. The van der Waals surface area contributed by atoms with Gasteiger partial charge in [-0.15, -0.1) is 0 Å². The number of imide groups is 1. The summed E-state index contributed by atoms with van der Waals surface area (Å²) in [6, 6.07) is 0. The molecule has 96 valence electrons. The molecule has 0 saturated heterocycles. The van der Waals surface area contributed by atoms with Crippen molar-refractivity contribution in [2.24, 2.45) is 0 Å². The summed E-state index contributed by atoms with van der Waals surface area (Å²) < 4.78 is 6.52. The van der Waals surface area contributed by atoms with Crippen molar-refractivity contribution in [3.63, 3.8) is 0 Å². The van der Waals surface area contributed by atoms with Crippen molar-refractivity contribution in [1.82, 2.24) is 9.88 Å². The first-order valence-electron chi connectivity index (χ1n) is 5.68. The normalized spacial score (nSPS) is 14.2. The van der Waals surface area contributed by atoms with E-state index < -0.39 is 11.9 Å². The SMILES string of the molecule is CCOC(=O)c1c(C)c2n(c1C)CC(=O)NC2=O. The molecule has 1 aromatic heterocycles. The van der Waals surface area contributed by atoms with Gasteiger partial charge in [0.2, 0.25) is 5.91 Å². The summed E-state index contributed by atoms with van der Waals surface area (Å²) in [6.45, 7) is 5.42. The van der Waals surface area contributed by atoms with Crippen LogP contribution in [-0.2, 0) is 16.1 Å². The fourth-order valence-electron chi connectivity index (χ4n) is 2.26. The van der Waals surface area contributed by atoms with Crippen molar-refractivity contribution in [2.75, 3.05) is 6.61 Å². The number of rotatable bonds is 2. The minimum Gasteiger partial charge on any atom is -0.462 e. The number of fused-ring (bicyclic) bond motifs is 1. The van der Waals surface area contributed by atoms with Gasteiger partial charge in [-0.05, 0) is 26.3 Å². The zero-order valence-corrected chi connectivity index (χ0v) is 10.5. The molecule has 0 radical (unpaired) electrons. The molecule has 18 heavy (non-hydrogen) atoms. The number of nitrogens with zero attached hydrogens (tertiary/aromatic N) is 1. The monoisotopic (exact) mass is 250 g/mol. The molecule has 1 aromatic rings. The van der Waals surface area contributed by atoms with Crippen molar-refractivity contribution in [1.29, 1.82) is 0 Å². The highest BCUT2D eigenvalue weighted by atomic mass is 16.5. The summed E-state index contributed by atoms with van der Waals surface area (Å²) in [5.41, 5.74) is 1.87. The number of hydrogen-bond acceptors (Lipinski definition) is 4. The molecule has 2 heterocycles. The molecule has 0 bridgehead atoms. The average Bonchev–Trinajstić information content (AvgIpc) is 2.51. The van der Waals surface area contributed by atoms with Crippen LogP contribution in [0.5, 0.6) is 0 Å². The highest BCUT2D eigenvalue weighted by molar-refractivity contribution is 6.09. The van der Waals surface area contributed by atoms with E-state index in [1.807, 2.05) is 0 Å². The fraction of sp³-hybridized carbons (Fsp3) is 0.417. The zero-order chi connectivity index (χ0) is 13.4. The molecule has 0 aliphatic carbocycles. The maximum Gasteiger partial charge on any atom is 0.340 e. The highest BCUT2D eigenvalue weighted by Crippen LogP contribution is 2.24. The third kappa shape index (κ3) is 1.70. The Bertz CT molecular complexity index is 557. The molecule has 1 aliphatic heterocycles. The van der Waals surface area contributed by atoms with Gasteiger partial charge in [-0.25, -0.2) is 4.79 Å². The van der Waals surface area contributed by atoms with Gasteiger partial charge in [-0.3, -0.25) is 14.9 Å². The second kappa shape index (κ2) is 4.29. The minimum absolute atomic E-state index is 0.0488. The van der Waals surface area contributed by atoms with E-state index in [1.165, 1.54) is 0 Å². The Morgan fingerprint density at radius 1 is 1.39 bits per heavy atom. The minimum atomic E-state index is -0.470. The van der Waals surface area contributed by atoms with Gasteiger partial charge in [-0.1, -0.05) is 0 Å². The standard InChI is InChI=1S/C12H14N2O4/c1-4-18-12(17)9-6(2)10-11(16)13-8(15)5-14(10)7(9)3/h4-5H2,1-3H3,(H,13,15,16). The van der Waals surface area contributed by atoms with Gasteiger partial charge in [0.1, 0.15) is 12.2 Å². The lowest BCUT2D eigenvalue weighted by Gasteiger charge is -2.16. The topological polar surface area (TPSA) is 77.4 Å². The number of ether oxygens (including phenoxy) is 1. The van der Waals surface area contributed by atoms with Crippen LogP contribution in [0.3, 0.4) is 0 Å². The molecule has 1 aliphatic rings. The van der Waals surface area contributed by atoms with E-state index in [4.69, 9.17) is 4.74 Å². The Morgan fingerprint density at radius 3 is 2.67 bits per heavy atom. The number of esters is 1. The molecular formula is C12H14N2O4. The van der Waals surface area contributed by atoms with Crippen LogP contribution in [-0.4, -0.2) is 29.0 Å². The molecular weight excluding hydrogens is 236 g/mol. The van der Waals surface area contributed by atoms with E-state index in [9.17, 15) is 14.4 Å². The van der Waals surface area contributed by atoms with Gasteiger partial charge in [0.15, 0.2) is 0 Å². The van der Waals surface area contributed by atoms with Gasteiger partial charge in [0.25, 0.3) is 5.91 Å². The molecule has 6 heteroatoms. The number of amides is 2. The molecule has 0 fully saturated rings.